The average molecular weight is 166 g/mol. The fourth-order valence-corrected chi connectivity index (χ4v) is 1.89. The van der Waals surface area contributed by atoms with Crippen molar-refractivity contribution in [2.45, 2.75) is 12.2 Å². The highest BCUT2D eigenvalue weighted by atomic mass is 32.2. The predicted octanol–water partition coefficient (Wildman–Crippen LogP) is 1.02. The van der Waals surface area contributed by atoms with E-state index in [9.17, 15) is 0 Å². The minimum absolute atomic E-state index is 0.377. The number of nitrogens with zero attached hydrogens (tertiary/aromatic N) is 1. The summed E-state index contributed by atoms with van der Waals surface area (Å²) in [5.74, 6) is 0. The zero-order chi connectivity index (χ0) is 6.15. The van der Waals surface area contributed by atoms with Crippen LogP contribution in [0.1, 0.15) is 6.92 Å². The first-order chi connectivity index (χ1) is 3.70. The largest absolute Gasteiger partial charge is 0.292 e. The molecule has 0 aromatic rings. The molecule has 0 bridgehead atoms. The van der Waals surface area contributed by atoms with Gasteiger partial charge in [0.25, 0.3) is 0 Å². The van der Waals surface area contributed by atoms with E-state index < -0.39 is 0 Å². The van der Waals surface area contributed by atoms with E-state index in [0.29, 0.717) is 5.25 Å². The van der Waals surface area contributed by atoms with Gasteiger partial charge in [-0.2, -0.15) is 0 Å². The SMILES string of the molecule is CC1SN(S)NC1=S. The molecule has 1 N–H and O–H groups in total. The lowest BCUT2D eigenvalue weighted by Crippen LogP contribution is -2.23. The predicted molar refractivity (Wildman–Crippen MR) is 43.6 cm³/mol. The lowest BCUT2D eigenvalue weighted by Gasteiger charge is -2.00. The Morgan fingerprint density at radius 1 is 2.00 bits per heavy atom. The van der Waals surface area contributed by atoms with E-state index in [2.05, 4.69) is 18.2 Å². The van der Waals surface area contributed by atoms with Gasteiger partial charge in [-0.3, -0.25) is 5.43 Å². The maximum Gasteiger partial charge on any atom is 0.105 e. The number of hydrogen-bond acceptors (Lipinski definition) is 4. The van der Waals surface area contributed by atoms with Gasteiger partial charge in [0.1, 0.15) is 4.99 Å². The second kappa shape index (κ2) is 2.43. The molecular formula is C3H6N2S3. The Morgan fingerprint density at radius 3 is 2.75 bits per heavy atom. The molecule has 1 unspecified atom stereocenters. The van der Waals surface area contributed by atoms with Crippen LogP contribution < -0.4 is 5.43 Å². The van der Waals surface area contributed by atoms with Gasteiger partial charge in [-0.1, -0.05) is 25.0 Å². The van der Waals surface area contributed by atoms with Gasteiger partial charge in [0.15, 0.2) is 0 Å². The normalized spacial score (nSPS) is 30.8. The molecule has 5 heteroatoms. The highest BCUT2D eigenvalue weighted by molar-refractivity contribution is 8.07. The summed E-state index contributed by atoms with van der Waals surface area (Å²) in [5, 5.41) is 0.377. The molecule has 2 nitrogen and oxygen atoms in total. The summed E-state index contributed by atoms with van der Waals surface area (Å²) >= 11 is 10.5. The summed E-state index contributed by atoms with van der Waals surface area (Å²) in [6.07, 6.45) is 0. The van der Waals surface area contributed by atoms with Crippen LogP contribution in [0.5, 0.6) is 0 Å². The van der Waals surface area contributed by atoms with Crippen molar-refractivity contribution in [3.63, 3.8) is 0 Å². The molecule has 8 heavy (non-hydrogen) atoms. The van der Waals surface area contributed by atoms with Crippen LogP contribution in [-0.2, 0) is 0 Å². The molecule has 0 saturated carbocycles. The van der Waals surface area contributed by atoms with E-state index in [4.69, 9.17) is 12.2 Å². The molecule has 1 saturated heterocycles. The second-order valence-electron chi connectivity index (χ2n) is 1.50. The van der Waals surface area contributed by atoms with E-state index in [0.717, 1.165) is 4.99 Å². The Hall–Kier alpha value is 0.550. The topological polar surface area (TPSA) is 15.3 Å². The Labute approximate surface area is 63.7 Å². The standard InChI is InChI=1S/C3H6N2S3/c1-2-3(6)4-5(7)8-2/h2,7H,1H3,(H,4,6). The third kappa shape index (κ3) is 1.28. The van der Waals surface area contributed by atoms with Crippen LogP contribution in [0.2, 0.25) is 0 Å². The van der Waals surface area contributed by atoms with Crippen molar-refractivity contribution in [2.24, 2.45) is 0 Å². The molecule has 1 aliphatic heterocycles. The molecule has 0 aromatic carbocycles. The first-order valence-electron chi connectivity index (χ1n) is 2.16. The number of thiocarbonyl (C=S) groups is 1. The highest BCUT2D eigenvalue weighted by Gasteiger charge is 2.21. The number of rotatable bonds is 0. The molecule has 0 aliphatic carbocycles. The molecule has 1 aliphatic rings. The van der Waals surface area contributed by atoms with E-state index in [-0.39, 0.29) is 0 Å². The van der Waals surface area contributed by atoms with Gasteiger partial charge in [-0.05, 0) is 18.9 Å². The van der Waals surface area contributed by atoms with Crippen LogP contribution in [0.3, 0.4) is 0 Å². The third-order valence-electron chi connectivity index (χ3n) is 0.833. The van der Waals surface area contributed by atoms with Crippen LogP contribution in [0.15, 0.2) is 0 Å². The van der Waals surface area contributed by atoms with Gasteiger partial charge in [-0.15, -0.1) is 3.82 Å². The summed E-state index contributed by atoms with van der Waals surface area (Å²) in [6.45, 7) is 2.04. The first-order valence-corrected chi connectivity index (χ1v) is 3.81. The number of hydrazine groups is 1. The van der Waals surface area contributed by atoms with Crippen LogP contribution in [0.4, 0.5) is 0 Å². The average Bonchev–Trinajstić information content (AvgIpc) is 1.85. The van der Waals surface area contributed by atoms with Crippen molar-refractivity contribution < 1.29 is 0 Å². The molecule has 1 atom stereocenters. The summed E-state index contributed by atoms with van der Waals surface area (Å²) in [4.78, 5) is 0.852. The monoisotopic (exact) mass is 166 g/mol. The van der Waals surface area contributed by atoms with Crippen molar-refractivity contribution in [1.29, 1.82) is 0 Å². The van der Waals surface area contributed by atoms with Crippen molar-refractivity contribution in [2.75, 3.05) is 0 Å². The minimum atomic E-state index is 0.377. The molecule has 1 heterocycles. The van der Waals surface area contributed by atoms with E-state index >= 15 is 0 Å². The second-order valence-corrected chi connectivity index (χ2v) is 3.89. The van der Waals surface area contributed by atoms with E-state index in [1.54, 1.807) is 15.8 Å². The van der Waals surface area contributed by atoms with Gasteiger partial charge in [-0.25, -0.2) is 0 Å². The quantitative estimate of drug-likeness (QED) is 0.317. The Balaban J connectivity index is 2.51. The van der Waals surface area contributed by atoms with Crippen LogP contribution in [0, 0.1) is 0 Å². The van der Waals surface area contributed by atoms with Gasteiger partial charge in [0.2, 0.25) is 0 Å². The maximum absolute atomic E-state index is 4.90. The third-order valence-corrected chi connectivity index (χ3v) is 2.65. The van der Waals surface area contributed by atoms with Crippen molar-refractivity contribution >= 4 is 42.0 Å². The fourth-order valence-electron chi connectivity index (χ4n) is 0.409. The summed E-state index contributed by atoms with van der Waals surface area (Å²) in [7, 11) is 0. The molecule has 0 amide bonds. The van der Waals surface area contributed by atoms with Gasteiger partial charge >= 0.3 is 0 Å². The van der Waals surface area contributed by atoms with Crippen LogP contribution >= 0.6 is 37.0 Å². The smallest absolute Gasteiger partial charge is 0.105 e. The lowest BCUT2D eigenvalue weighted by molar-refractivity contribution is 0.722. The van der Waals surface area contributed by atoms with E-state index in [1.165, 1.54) is 0 Å². The Kier molecular flexibility index (Phi) is 2.02. The molecule has 0 aromatic heterocycles. The van der Waals surface area contributed by atoms with Gasteiger partial charge in [0.05, 0.1) is 5.25 Å². The molecule has 46 valence electrons. The first kappa shape index (κ1) is 6.67. The number of hydrogen-bond donors (Lipinski definition) is 2. The summed E-state index contributed by atoms with van der Waals surface area (Å²) in [6, 6.07) is 0. The van der Waals surface area contributed by atoms with Crippen molar-refractivity contribution in [3.05, 3.63) is 0 Å². The number of nitrogens with one attached hydrogen (secondary N) is 1. The fraction of sp³-hybridized carbons (Fsp3) is 0.667. The summed E-state index contributed by atoms with van der Waals surface area (Å²) in [5.41, 5.74) is 2.86. The van der Waals surface area contributed by atoms with Gasteiger partial charge < -0.3 is 0 Å². The van der Waals surface area contributed by atoms with Crippen LogP contribution in [-0.4, -0.2) is 14.1 Å². The van der Waals surface area contributed by atoms with Crippen molar-refractivity contribution in [3.8, 4) is 0 Å². The zero-order valence-corrected chi connectivity index (χ0v) is 6.82. The van der Waals surface area contributed by atoms with Crippen molar-refractivity contribution in [1.82, 2.24) is 9.25 Å². The molecule has 0 radical (unpaired) electrons. The molecule has 1 fully saturated rings. The minimum Gasteiger partial charge on any atom is -0.292 e. The molecular weight excluding hydrogens is 160 g/mol. The summed E-state index contributed by atoms with van der Waals surface area (Å²) < 4.78 is 1.62. The zero-order valence-electron chi connectivity index (χ0n) is 4.29. The van der Waals surface area contributed by atoms with E-state index in [1.807, 2.05) is 6.92 Å². The molecule has 1 rings (SSSR count). The number of thiol groups is 1. The highest BCUT2D eigenvalue weighted by Crippen LogP contribution is 2.23. The van der Waals surface area contributed by atoms with Gasteiger partial charge in [0, 0.05) is 0 Å². The Morgan fingerprint density at radius 2 is 2.62 bits per heavy atom. The maximum atomic E-state index is 4.90. The molecule has 0 spiro atoms. The van der Waals surface area contributed by atoms with Crippen LogP contribution in [0.25, 0.3) is 0 Å². The Bertz CT molecular complexity index is 115. The lowest BCUT2D eigenvalue weighted by atomic mass is 10.5.